The van der Waals surface area contributed by atoms with Crippen molar-refractivity contribution in [2.75, 3.05) is 0 Å². The summed E-state index contributed by atoms with van der Waals surface area (Å²) >= 11 is 5.97. The van der Waals surface area contributed by atoms with E-state index in [4.69, 9.17) is 16.7 Å². The summed E-state index contributed by atoms with van der Waals surface area (Å²) in [6.07, 6.45) is 1.45. The molecule has 2 rings (SSSR count). The Hall–Kier alpha value is -1.95. The molecule has 0 aliphatic carbocycles. The van der Waals surface area contributed by atoms with Gasteiger partial charge in [0.05, 0.1) is 0 Å². The minimum atomic E-state index is -0.800. The molecule has 6 nitrogen and oxygen atoms in total. The third-order valence-corrected chi connectivity index (χ3v) is 3.56. The first kappa shape index (κ1) is 15.4. The van der Waals surface area contributed by atoms with Gasteiger partial charge >= 0.3 is 5.97 Å². The van der Waals surface area contributed by atoms with Crippen molar-refractivity contribution in [3.8, 4) is 0 Å². The van der Waals surface area contributed by atoms with Crippen molar-refractivity contribution in [2.45, 2.75) is 32.7 Å². The molecule has 1 aromatic carbocycles. The monoisotopic (exact) mass is 308 g/mol. The van der Waals surface area contributed by atoms with E-state index in [2.05, 4.69) is 15.5 Å². The lowest BCUT2D eigenvalue weighted by Gasteiger charge is -2.13. The Morgan fingerprint density at radius 1 is 1.48 bits per heavy atom. The number of aromatic nitrogens is 4. The molecule has 0 saturated carbocycles. The number of halogens is 1. The van der Waals surface area contributed by atoms with Gasteiger partial charge < -0.3 is 5.11 Å². The van der Waals surface area contributed by atoms with Crippen molar-refractivity contribution in [1.29, 1.82) is 0 Å². The molecule has 1 aromatic heterocycles. The maximum Gasteiger partial charge on any atom is 0.303 e. The predicted molar refractivity (Wildman–Crippen MR) is 78.1 cm³/mol. The fourth-order valence-electron chi connectivity index (χ4n) is 2.15. The van der Waals surface area contributed by atoms with Crippen LogP contribution in [0.15, 0.2) is 24.3 Å². The van der Waals surface area contributed by atoms with Gasteiger partial charge in [0.15, 0.2) is 5.82 Å². The van der Waals surface area contributed by atoms with Crippen molar-refractivity contribution in [1.82, 2.24) is 20.2 Å². The second-order valence-electron chi connectivity index (χ2n) is 4.96. The normalized spacial score (nSPS) is 12.3. The minimum absolute atomic E-state index is 0.0177. The largest absolute Gasteiger partial charge is 0.481 e. The second-order valence-corrected chi connectivity index (χ2v) is 5.39. The summed E-state index contributed by atoms with van der Waals surface area (Å²) < 4.78 is 1.68. The number of hydrogen-bond donors (Lipinski definition) is 1. The van der Waals surface area contributed by atoms with Crippen LogP contribution in [0.4, 0.5) is 0 Å². The van der Waals surface area contributed by atoms with E-state index in [-0.39, 0.29) is 12.3 Å². The SMILES string of the molecule is CCC(CC(=O)O)Cn1nnnc1Cc1cccc(Cl)c1. The number of aliphatic carboxylic acids is 1. The van der Waals surface area contributed by atoms with Gasteiger partial charge in [-0.15, -0.1) is 5.10 Å². The zero-order valence-corrected chi connectivity index (χ0v) is 12.5. The molecule has 0 radical (unpaired) electrons. The third-order valence-electron chi connectivity index (χ3n) is 3.33. The van der Waals surface area contributed by atoms with Gasteiger partial charge in [0.2, 0.25) is 0 Å². The van der Waals surface area contributed by atoms with Crippen molar-refractivity contribution >= 4 is 17.6 Å². The Kier molecular flexibility index (Phi) is 5.27. The van der Waals surface area contributed by atoms with Crippen LogP contribution in [0.25, 0.3) is 0 Å². The number of hydrogen-bond acceptors (Lipinski definition) is 4. The number of carboxylic acids is 1. The van der Waals surface area contributed by atoms with E-state index in [0.29, 0.717) is 23.8 Å². The Morgan fingerprint density at radius 2 is 2.29 bits per heavy atom. The van der Waals surface area contributed by atoms with Gasteiger partial charge in [-0.05, 0) is 34.0 Å². The first-order valence-corrected chi connectivity index (χ1v) is 7.17. The van der Waals surface area contributed by atoms with Gasteiger partial charge in [0, 0.05) is 24.4 Å². The average molecular weight is 309 g/mol. The Balaban J connectivity index is 2.09. The van der Waals surface area contributed by atoms with Crippen LogP contribution >= 0.6 is 11.6 Å². The van der Waals surface area contributed by atoms with E-state index in [1.54, 1.807) is 4.68 Å². The summed E-state index contributed by atoms with van der Waals surface area (Å²) in [5.74, 6) is -0.0727. The maximum atomic E-state index is 10.8. The summed E-state index contributed by atoms with van der Waals surface area (Å²) in [5, 5.41) is 21.2. The topological polar surface area (TPSA) is 80.9 Å². The first-order chi connectivity index (χ1) is 10.1. The molecular formula is C14H17ClN4O2. The van der Waals surface area contributed by atoms with Gasteiger partial charge in [0.1, 0.15) is 0 Å². The molecule has 1 N–H and O–H groups in total. The second kappa shape index (κ2) is 7.17. The smallest absolute Gasteiger partial charge is 0.303 e. The summed E-state index contributed by atoms with van der Waals surface area (Å²) in [6, 6.07) is 7.52. The van der Waals surface area contributed by atoms with Crippen molar-refractivity contribution < 1.29 is 9.90 Å². The minimum Gasteiger partial charge on any atom is -0.481 e. The summed E-state index contributed by atoms with van der Waals surface area (Å²) in [5.41, 5.74) is 1.02. The standard InChI is InChI=1S/C14H17ClN4O2/c1-2-10(8-14(20)21)9-19-13(16-17-18-19)7-11-4-3-5-12(15)6-11/h3-6,10H,2,7-9H2,1H3,(H,20,21). The van der Waals surface area contributed by atoms with E-state index < -0.39 is 5.97 Å². The van der Waals surface area contributed by atoms with Crippen LogP contribution in [0.5, 0.6) is 0 Å². The zero-order chi connectivity index (χ0) is 15.2. The van der Waals surface area contributed by atoms with Crippen LogP contribution in [0.2, 0.25) is 5.02 Å². The van der Waals surface area contributed by atoms with Crippen LogP contribution in [-0.2, 0) is 17.8 Å². The van der Waals surface area contributed by atoms with Crippen LogP contribution < -0.4 is 0 Å². The third kappa shape index (κ3) is 4.53. The predicted octanol–water partition coefficient (Wildman–Crippen LogP) is 2.42. The molecule has 0 aliphatic rings. The van der Waals surface area contributed by atoms with Crippen molar-refractivity contribution in [3.05, 3.63) is 40.7 Å². The van der Waals surface area contributed by atoms with Gasteiger partial charge in [-0.2, -0.15) is 0 Å². The van der Waals surface area contributed by atoms with E-state index >= 15 is 0 Å². The lowest BCUT2D eigenvalue weighted by Crippen LogP contribution is -2.17. The quantitative estimate of drug-likeness (QED) is 0.849. The van der Waals surface area contributed by atoms with Crippen LogP contribution in [-0.4, -0.2) is 31.3 Å². The Morgan fingerprint density at radius 3 is 2.95 bits per heavy atom. The van der Waals surface area contributed by atoms with Crippen molar-refractivity contribution in [2.24, 2.45) is 5.92 Å². The molecule has 21 heavy (non-hydrogen) atoms. The maximum absolute atomic E-state index is 10.8. The molecule has 0 saturated heterocycles. The van der Waals surface area contributed by atoms with Crippen LogP contribution in [0.1, 0.15) is 31.2 Å². The molecular weight excluding hydrogens is 292 g/mol. The molecule has 1 atom stereocenters. The average Bonchev–Trinajstić information content (AvgIpc) is 2.84. The van der Waals surface area contributed by atoms with Gasteiger partial charge in [-0.3, -0.25) is 4.79 Å². The molecule has 2 aromatic rings. The lowest BCUT2D eigenvalue weighted by molar-refractivity contribution is -0.138. The highest BCUT2D eigenvalue weighted by molar-refractivity contribution is 6.30. The summed E-state index contributed by atoms with van der Waals surface area (Å²) in [6.45, 7) is 2.47. The van der Waals surface area contributed by atoms with E-state index in [1.807, 2.05) is 31.2 Å². The highest BCUT2D eigenvalue weighted by atomic mass is 35.5. The number of nitrogens with zero attached hydrogens (tertiary/aromatic N) is 4. The number of carboxylic acid groups (broad SMARTS) is 1. The van der Waals surface area contributed by atoms with E-state index in [9.17, 15) is 4.79 Å². The van der Waals surface area contributed by atoms with E-state index in [1.165, 1.54) is 0 Å². The Bertz CT molecular complexity index is 615. The fourth-order valence-corrected chi connectivity index (χ4v) is 2.36. The molecule has 0 amide bonds. The summed E-state index contributed by atoms with van der Waals surface area (Å²) in [7, 11) is 0. The molecule has 0 spiro atoms. The molecule has 1 heterocycles. The lowest BCUT2D eigenvalue weighted by atomic mass is 10.0. The van der Waals surface area contributed by atoms with Crippen LogP contribution in [0.3, 0.4) is 0 Å². The molecule has 0 fully saturated rings. The zero-order valence-electron chi connectivity index (χ0n) is 11.7. The van der Waals surface area contributed by atoms with Gasteiger partial charge in [-0.1, -0.05) is 37.1 Å². The number of tetrazole rings is 1. The molecule has 1 unspecified atom stereocenters. The highest BCUT2D eigenvalue weighted by Gasteiger charge is 2.15. The molecule has 7 heteroatoms. The number of benzene rings is 1. The number of carbonyl (C=O) groups is 1. The summed E-state index contributed by atoms with van der Waals surface area (Å²) in [4.78, 5) is 10.8. The highest BCUT2D eigenvalue weighted by Crippen LogP contribution is 2.15. The van der Waals surface area contributed by atoms with Crippen molar-refractivity contribution in [3.63, 3.8) is 0 Å². The van der Waals surface area contributed by atoms with Gasteiger partial charge in [0.25, 0.3) is 0 Å². The van der Waals surface area contributed by atoms with E-state index in [0.717, 1.165) is 12.0 Å². The number of rotatable bonds is 7. The molecule has 0 aliphatic heterocycles. The first-order valence-electron chi connectivity index (χ1n) is 6.79. The Labute approximate surface area is 127 Å². The molecule has 112 valence electrons. The van der Waals surface area contributed by atoms with Gasteiger partial charge in [-0.25, -0.2) is 4.68 Å². The fraction of sp³-hybridized carbons (Fsp3) is 0.429. The molecule has 0 bridgehead atoms. The van der Waals surface area contributed by atoms with Crippen LogP contribution in [0, 0.1) is 5.92 Å².